The molecule has 7 heteroatoms. The van der Waals surface area contributed by atoms with E-state index in [1.807, 2.05) is 0 Å². The number of methoxy groups -OCH3 is 1. The van der Waals surface area contributed by atoms with E-state index in [1.165, 1.54) is 13.3 Å². The first kappa shape index (κ1) is 14.7. The molecule has 0 saturated carbocycles. The monoisotopic (exact) mass is 267 g/mol. The van der Waals surface area contributed by atoms with E-state index in [9.17, 15) is 9.59 Å². The number of carbonyl (C=O) groups excluding carboxylic acids is 1. The van der Waals surface area contributed by atoms with Gasteiger partial charge in [0.15, 0.2) is 0 Å². The molecule has 104 valence electrons. The Morgan fingerprint density at radius 1 is 1.47 bits per heavy atom. The van der Waals surface area contributed by atoms with Crippen molar-refractivity contribution >= 4 is 17.7 Å². The zero-order chi connectivity index (χ0) is 14.3. The van der Waals surface area contributed by atoms with Gasteiger partial charge in [-0.3, -0.25) is 4.79 Å². The van der Waals surface area contributed by atoms with Crippen molar-refractivity contribution in [3.05, 3.63) is 18.3 Å². The molecule has 1 heterocycles. The van der Waals surface area contributed by atoms with Crippen LogP contribution in [0.3, 0.4) is 0 Å². The van der Waals surface area contributed by atoms with Crippen molar-refractivity contribution in [2.75, 3.05) is 12.4 Å². The number of aromatic nitrogens is 1. The highest BCUT2D eigenvalue weighted by molar-refractivity contribution is 5.89. The highest BCUT2D eigenvalue weighted by Crippen LogP contribution is 2.10. The van der Waals surface area contributed by atoms with Gasteiger partial charge in [-0.15, -0.1) is 0 Å². The van der Waals surface area contributed by atoms with E-state index in [0.717, 1.165) is 0 Å². The van der Waals surface area contributed by atoms with Crippen molar-refractivity contribution in [2.24, 2.45) is 0 Å². The van der Waals surface area contributed by atoms with E-state index < -0.39 is 12.0 Å². The third-order valence-corrected chi connectivity index (χ3v) is 2.37. The lowest BCUT2D eigenvalue weighted by Gasteiger charge is -2.13. The fourth-order valence-corrected chi connectivity index (χ4v) is 1.38. The Bertz CT molecular complexity index is 433. The molecule has 1 unspecified atom stereocenters. The zero-order valence-electron chi connectivity index (χ0n) is 10.8. The van der Waals surface area contributed by atoms with Crippen molar-refractivity contribution in [1.29, 1.82) is 0 Å². The molecule has 0 spiro atoms. The van der Waals surface area contributed by atoms with Gasteiger partial charge in [-0.05, 0) is 19.4 Å². The van der Waals surface area contributed by atoms with Gasteiger partial charge in [0, 0.05) is 18.5 Å². The van der Waals surface area contributed by atoms with Crippen LogP contribution in [-0.2, 0) is 4.79 Å². The Labute approximate surface area is 111 Å². The lowest BCUT2D eigenvalue weighted by Crippen LogP contribution is -2.36. The summed E-state index contributed by atoms with van der Waals surface area (Å²) in [6.45, 7) is 1.74. The second kappa shape index (κ2) is 7.20. The second-order valence-electron chi connectivity index (χ2n) is 4.02. The first-order chi connectivity index (χ1) is 9.01. The number of carboxylic acids is 1. The molecule has 0 aliphatic carbocycles. The van der Waals surface area contributed by atoms with Crippen LogP contribution >= 0.6 is 0 Å². The minimum Gasteiger partial charge on any atom is -0.481 e. The van der Waals surface area contributed by atoms with Crippen LogP contribution < -0.4 is 15.4 Å². The van der Waals surface area contributed by atoms with Crippen LogP contribution in [0.4, 0.5) is 10.5 Å². The number of amides is 2. The van der Waals surface area contributed by atoms with Crippen molar-refractivity contribution in [1.82, 2.24) is 10.3 Å². The summed E-state index contributed by atoms with van der Waals surface area (Å²) in [4.78, 5) is 25.9. The van der Waals surface area contributed by atoms with Crippen molar-refractivity contribution in [3.8, 4) is 5.88 Å². The normalized spacial score (nSPS) is 11.5. The number of pyridine rings is 1. The highest BCUT2D eigenvalue weighted by Gasteiger charge is 2.09. The number of carbonyl (C=O) groups is 2. The van der Waals surface area contributed by atoms with Gasteiger partial charge in [0.25, 0.3) is 0 Å². The number of nitrogens with one attached hydrogen (secondary N) is 2. The number of rotatable bonds is 6. The highest BCUT2D eigenvalue weighted by atomic mass is 16.5. The molecule has 1 rings (SSSR count). The fourth-order valence-electron chi connectivity index (χ4n) is 1.38. The largest absolute Gasteiger partial charge is 0.481 e. The molecule has 1 aromatic rings. The van der Waals surface area contributed by atoms with Crippen LogP contribution in [0.1, 0.15) is 19.8 Å². The molecule has 2 amide bonds. The lowest BCUT2D eigenvalue weighted by molar-refractivity contribution is -0.137. The molecule has 0 aliphatic rings. The maximum Gasteiger partial charge on any atom is 0.319 e. The summed E-state index contributed by atoms with van der Waals surface area (Å²) in [6.07, 6.45) is 1.87. The summed E-state index contributed by atoms with van der Waals surface area (Å²) in [7, 11) is 1.51. The molecule has 0 bridgehead atoms. The fraction of sp³-hybridized carbons (Fsp3) is 0.417. The average Bonchev–Trinajstić information content (AvgIpc) is 2.37. The molecule has 0 radical (unpaired) electrons. The first-order valence-electron chi connectivity index (χ1n) is 5.80. The Balaban J connectivity index is 2.39. The zero-order valence-corrected chi connectivity index (χ0v) is 10.8. The summed E-state index contributed by atoms with van der Waals surface area (Å²) in [5, 5.41) is 13.8. The van der Waals surface area contributed by atoms with Crippen LogP contribution in [0, 0.1) is 0 Å². The van der Waals surface area contributed by atoms with Crippen LogP contribution in [0.15, 0.2) is 18.3 Å². The first-order valence-corrected chi connectivity index (χ1v) is 5.80. The molecule has 3 N–H and O–H groups in total. The Kier molecular flexibility index (Phi) is 5.59. The maximum atomic E-state index is 11.6. The SMILES string of the molecule is COc1ccc(NC(=O)NC(C)CCC(=O)O)cn1. The van der Waals surface area contributed by atoms with Gasteiger partial charge in [0.2, 0.25) is 5.88 Å². The number of hydrogen-bond donors (Lipinski definition) is 3. The van der Waals surface area contributed by atoms with E-state index in [-0.39, 0.29) is 12.5 Å². The number of anilines is 1. The number of aliphatic carboxylic acids is 1. The van der Waals surface area contributed by atoms with E-state index in [1.54, 1.807) is 19.1 Å². The third kappa shape index (κ3) is 5.71. The summed E-state index contributed by atoms with van der Waals surface area (Å²) in [6, 6.07) is 2.67. The topological polar surface area (TPSA) is 101 Å². The third-order valence-electron chi connectivity index (χ3n) is 2.37. The minimum absolute atomic E-state index is 0.0194. The molecular formula is C12H17N3O4. The van der Waals surface area contributed by atoms with E-state index in [0.29, 0.717) is 18.0 Å². The van der Waals surface area contributed by atoms with Crippen LogP contribution in [-0.4, -0.2) is 35.2 Å². The number of ether oxygens (including phenoxy) is 1. The van der Waals surface area contributed by atoms with Crippen molar-refractivity contribution < 1.29 is 19.4 Å². The molecule has 7 nitrogen and oxygen atoms in total. The van der Waals surface area contributed by atoms with Gasteiger partial charge >= 0.3 is 12.0 Å². The number of hydrogen-bond acceptors (Lipinski definition) is 4. The minimum atomic E-state index is -0.881. The molecule has 0 aromatic carbocycles. The second-order valence-corrected chi connectivity index (χ2v) is 4.02. The Hall–Kier alpha value is -2.31. The summed E-state index contributed by atoms with van der Waals surface area (Å²) in [5.41, 5.74) is 0.531. The number of urea groups is 1. The number of carboxylic acid groups (broad SMARTS) is 1. The smallest absolute Gasteiger partial charge is 0.319 e. The molecule has 0 saturated heterocycles. The maximum absolute atomic E-state index is 11.6. The van der Waals surface area contributed by atoms with Crippen LogP contribution in [0.2, 0.25) is 0 Å². The molecule has 1 atom stereocenters. The van der Waals surface area contributed by atoms with Crippen LogP contribution in [0.25, 0.3) is 0 Å². The van der Waals surface area contributed by atoms with Gasteiger partial charge in [-0.25, -0.2) is 9.78 Å². The quantitative estimate of drug-likeness (QED) is 0.724. The molecular weight excluding hydrogens is 250 g/mol. The molecule has 19 heavy (non-hydrogen) atoms. The van der Waals surface area contributed by atoms with Crippen LogP contribution in [0.5, 0.6) is 5.88 Å². The summed E-state index contributed by atoms with van der Waals surface area (Å²) >= 11 is 0. The van der Waals surface area contributed by atoms with Crippen molar-refractivity contribution in [3.63, 3.8) is 0 Å². The lowest BCUT2D eigenvalue weighted by atomic mass is 10.2. The Morgan fingerprint density at radius 2 is 2.21 bits per heavy atom. The number of nitrogens with zero attached hydrogens (tertiary/aromatic N) is 1. The van der Waals surface area contributed by atoms with E-state index in [4.69, 9.17) is 9.84 Å². The predicted molar refractivity (Wildman–Crippen MR) is 69.3 cm³/mol. The van der Waals surface area contributed by atoms with E-state index >= 15 is 0 Å². The van der Waals surface area contributed by atoms with E-state index in [2.05, 4.69) is 15.6 Å². The average molecular weight is 267 g/mol. The summed E-state index contributed by atoms with van der Waals surface area (Å²) < 4.78 is 4.90. The molecule has 0 fully saturated rings. The van der Waals surface area contributed by atoms with Crippen molar-refractivity contribution in [2.45, 2.75) is 25.8 Å². The molecule has 1 aromatic heterocycles. The molecule has 0 aliphatic heterocycles. The van der Waals surface area contributed by atoms with Gasteiger partial charge in [0.1, 0.15) is 0 Å². The van der Waals surface area contributed by atoms with Gasteiger partial charge in [0.05, 0.1) is 19.0 Å². The van der Waals surface area contributed by atoms with Gasteiger partial charge in [-0.1, -0.05) is 0 Å². The Morgan fingerprint density at radius 3 is 2.74 bits per heavy atom. The standard InChI is InChI=1S/C12H17N3O4/c1-8(3-6-11(16)17)14-12(18)15-9-4-5-10(19-2)13-7-9/h4-5,7-8H,3,6H2,1-2H3,(H,16,17)(H2,14,15,18). The van der Waals surface area contributed by atoms with Gasteiger partial charge in [-0.2, -0.15) is 0 Å². The van der Waals surface area contributed by atoms with Gasteiger partial charge < -0.3 is 20.5 Å². The summed E-state index contributed by atoms with van der Waals surface area (Å²) in [5.74, 6) is -0.422. The predicted octanol–water partition coefficient (Wildman–Crippen LogP) is 1.46.